The van der Waals surface area contributed by atoms with Crippen molar-refractivity contribution in [1.82, 2.24) is 14.9 Å². The number of aromatic nitrogens is 2. The van der Waals surface area contributed by atoms with Crippen molar-refractivity contribution in [3.05, 3.63) is 94.0 Å². The molecule has 3 heterocycles. The van der Waals surface area contributed by atoms with Crippen molar-refractivity contribution in [2.45, 2.75) is 32.1 Å². The van der Waals surface area contributed by atoms with Crippen LogP contribution in [0.2, 0.25) is 5.02 Å². The van der Waals surface area contributed by atoms with E-state index < -0.39 is 0 Å². The topological polar surface area (TPSA) is 46.1 Å². The van der Waals surface area contributed by atoms with Gasteiger partial charge in [-0.15, -0.1) is 0 Å². The number of carbonyl (C=O) groups excluding carboxylic acids is 1. The van der Waals surface area contributed by atoms with E-state index in [0.29, 0.717) is 12.2 Å². The van der Waals surface area contributed by atoms with Gasteiger partial charge in [-0.25, -0.2) is 0 Å². The van der Waals surface area contributed by atoms with Crippen molar-refractivity contribution in [2.75, 3.05) is 13.1 Å². The molecule has 0 saturated carbocycles. The zero-order valence-electron chi connectivity index (χ0n) is 16.5. The molecule has 1 aliphatic rings. The number of likely N-dealkylation sites (tertiary alicyclic amines) is 1. The number of piperidine rings is 1. The van der Waals surface area contributed by atoms with Gasteiger partial charge in [0.05, 0.1) is 0 Å². The highest BCUT2D eigenvalue weighted by Gasteiger charge is 2.27. The summed E-state index contributed by atoms with van der Waals surface area (Å²) in [5.41, 5.74) is 4.99. The van der Waals surface area contributed by atoms with Crippen LogP contribution in [0.25, 0.3) is 0 Å². The quantitative estimate of drug-likeness (QED) is 0.610. The van der Waals surface area contributed by atoms with Gasteiger partial charge in [0, 0.05) is 41.6 Å². The smallest absolute Gasteiger partial charge is 0.272 e. The SMILES string of the molecule is Cc1cc(Cc2cccc(Cl)c2)cc(C2CCCN(C(=O)c3ccccn3)C2)n1. The first-order valence-corrected chi connectivity index (χ1v) is 10.4. The van der Waals surface area contributed by atoms with Crippen LogP contribution in [0.5, 0.6) is 0 Å². The summed E-state index contributed by atoms with van der Waals surface area (Å²) in [5, 5.41) is 0.754. The summed E-state index contributed by atoms with van der Waals surface area (Å²) in [4.78, 5) is 23.7. The van der Waals surface area contributed by atoms with Crippen LogP contribution in [-0.2, 0) is 6.42 Å². The molecule has 5 heteroatoms. The van der Waals surface area contributed by atoms with Crippen molar-refractivity contribution < 1.29 is 4.79 Å². The van der Waals surface area contributed by atoms with Gasteiger partial charge in [0.15, 0.2) is 0 Å². The van der Waals surface area contributed by atoms with Gasteiger partial charge in [0.1, 0.15) is 5.69 Å². The highest BCUT2D eigenvalue weighted by molar-refractivity contribution is 6.30. The van der Waals surface area contributed by atoms with Gasteiger partial charge in [0.25, 0.3) is 5.91 Å². The fourth-order valence-corrected chi connectivity index (χ4v) is 4.23. The predicted octanol–water partition coefficient (Wildman–Crippen LogP) is 5.05. The second kappa shape index (κ2) is 8.75. The van der Waals surface area contributed by atoms with Crippen molar-refractivity contribution in [3.8, 4) is 0 Å². The molecule has 3 aromatic rings. The normalized spacial score (nSPS) is 16.6. The molecule has 4 rings (SSSR count). The number of nitrogens with zero attached hydrogens (tertiary/aromatic N) is 3. The zero-order valence-corrected chi connectivity index (χ0v) is 17.3. The minimum atomic E-state index is 0.00195. The lowest BCUT2D eigenvalue weighted by Crippen LogP contribution is -2.39. The number of halogens is 1. The van der Waals surface area contributed by atoms with E-state index in [9.17, 15) is 4.79 Å². The largest absolute Gasteiger partial charge is 0.337 e. The molecule has 1 aliphatic heterocycles. The van der Waals surface area contributed by atoms with E-state index in [1.807, 2.05) is 42.2 Å². The number of hydrogen-bond donors (Lipinski definition) is 0. The first-order valence-electron chi connectivity index (χ1n) is 10.0. The van der Waals surface area contributed by atoms with Crippen LogP contribution in [0, 0.1) is 6.92 Å². The lowest BCUT2D eigenvalue weighted by molar-refractivity contribution is 0.0700. The highest BCUT2D eigenvalue weighted by atomic mass is 35.5. The molecule has 148 valence electrons. The van der Waals surface area contributed by atoms with E-state index in [1.54, 1.807) is 12.3 Å². The van der Waals surface area contributed by atoms with Crippen LogP contribution in [0.4, 0.5) is 0 Å². The first kappa shape index (κ1) is 19.6. The third kappa shape index (κ3) is 4.83. The lowest BCUT2D eigenvalue weighted by Gasteiger charge is -2.32. The molecule has 1 fully saturated rings. The monoisotopic (exact) mass is 405 g/mol. The summed E-state index contributed by atoms with van der Waals surface area (Å²) < 4.78 is 0. The molecule has 4 nitrogen and oxygen atoms in total. The van der Waals surface area contributed by atoms with E-state index >= 15 is 0 Å². The number of aryl methyl sites for hydroxylation is 1. The van der Waals surface area contributed by atoms with Gasteiger partial charge in [-0.1, -0.05) is 29.8 Å². The standard InChI is InChI=1S/C24H24ClN3O/c1-17-12-19(13-18-6-4-8-21(25)14-18)15-23(27-17)20-7-5-11-28(16-20)24(29)22-9-2-3-10-26-22/h2-4,6,8-10,12,14-15,20H,5,7,11,13,16H2,1H3. The Morgan fingerprint density at radius 1 is 1.14 bits per heavy atom. The Morgan fingerprint density at radius 2 is 2.03 bits per heavy atom. The van der Waals surface area contributed by atoms with Crippen LogP contribution in [-0.4, -0.2) is 33.9 Å². The molecule has 0 bridgehead atoms. The van der Waals surface area contributed by atoms with Crippen molar-refractivity contribution in [3.63, 3.8) is 0 Å². The van der Waals surface area contributed by atoms with Gasteiger partial charge in [-0.3, -0.25) is 14.8 Å². The molecule has 2 aromatic heterocycles. The second-order valence-electron chi connectivity index (χ2n) is 7.65. The molecule has 0 N–H and O–H groups in total. The summed E-state index contributed by atoms with van der Waals surface area (Å²) in [6.45, 7) is 3.49. The fraction of sp³-hybridized carbons (Fsp3) is 0.292. The Hall–Kier alpha value is -2.72. The summed E-state index contributed by atoms with van der Waals surface area (Å²) in [5.74, 6) is 0.247. The fourth-order valence-electron chi connectivity index (χ4n) is 4.02. The highest BCUT2D eigenvalue weighted by Crippen LogP contribution is 2.28. The molecule has 0 aliphatic carbocycles. The number of hydrogen-bond acceptors (Lipinski definition) is 3. The number of pyridine rings is 2. The Labute approximate surface area is 176 Å². The maximum atomic E-state index is 12.8. The van der Waals surface area contributed by atoms with Crippen molar-refractivity contribution >= 4 is 17.5 Å². The van der Waals surface area contributed by atoms with Gasteiger partial charge >= 0.3 is 0 Å². The van der Waals surface area contributed by atoms with E-state index in [2.05, 4.69) is 23.2 Å². The second-order valence-corrected chi connectivity index (χ2v) is 8.09. The van der Waals surface area contributed by atoms with Crippen LogP contribution in [0.15, 0.2) is 60.8 Å². The van der Waals surface area contributed by atoms with E-state index in [0.717, 1.165) is 42.2 Å². The third-order valence-corrected chi connectivity index (χ3v) is 5.58. The zero-order chi connectivity index (χ0) is 20.2. The molecule has 29 heavy (non-hydrogen) atoms. The Kier molecular flexibility index (Phi) is 5.91. The van der Waals surface area contributed by atoms with Crippen LogP contribution >= 0.6 is 11.6 Å². The van der Waals surface area contributed by atoms with E-state index in [4.69, 9.17) is 16.6 Å². The van der Waals surface area contributed by atoms with Crippen molar-refractivity contribution in [1.29, 1.82) is 0 Å². The number of amides is 1. The van der Waals surface area contributed by atoms with Crippen LogP contribution in [0.3, 0.4) is 0 Å². The van der Waals surface area contributed by atoms with Crippen molar-refractivity contribution in [2.24, 2.45) is 0 Å². The Morgan fingerprint density at radius 3 is 2.83 bits per heavy atom. The van der Waals surface area contributed by atoms with Crippen LogP contribution < -0.4 is 0 Å². The molecule has 1 atom stereocenters. The maximum absolute atomic E-state index is 12.8. The average molecular weight is 406 g/mol. The number of rotatable bonds is 4. The molecular weight excluding hydrogens is 382 g/mol. The summed E-state index contributed by atoms with van der Waals surface area (Å²) >= 11 is 6.14. The number of benzene rings is 1. The van der Waals surface area contributed by atoms with E-state index in [1.165, 1.54) is 11.1 Å². The predicted molar refractivity (Wildman–Crippen MR) is 115 cm³/mol. The molecule has 0 radical (unpaired) electrons. The van der Waals surface area contributed by atoms with E-state index in [-0.39, 0.29) is 11.8 Å². The van der Waals surface area contributed by atoms with Gasteiger partial charge in [-0.05, 0) is 73.7 Å². The average Bonchev–Trinajstić information content (AvgIpc) is 2.73. The first-order chi connectivity index (χ1) is 14.1. The maximum Gasteiger partial charge on any atom is 0.272 e. The number of carbonyl (C=O) groups is 1. The molecule has 1 unspecified atom stereocenters. The minimum Gasteiger partial charge on any atom is -0.337 e. The summed E-state index contributed by atoms with van der Waals surface area (Å²) in [6, 6.07) is 17.7. The Bertz CT molecular complexity index is 1010. The molecule has 1 saturated heterocycles. The molecular formula is C24H24ClN3O. The van der Waals surface area contributed by atoms with Gasteiger partial charge in [0.2, 0.25) is 0 Å². The summed E-state index contributed by atoms with van der Waals surface area (Å²) in [7, 11) is 0. The summed E-state index contributed by atoms with van der Waals surface area (Å²) in [6.07, 6.45) is 4.50. The Balaban J connectivity index is 1.53. The van der Waals surface area contributed by atoms with Gasteiger partial charge in [-0.2, -0.15) is 0 Å². The lowest BCUT2D eigenvalue weighted by atomic mass is 9.92. The van der Waals surface area contributed by atoms with Gasteiger partial charge < -0.3 is 4.90 Å². The molecule has 1 amide bonds. The molecule has 1 aromatic carbocycles. The minimum absolute atomic E-state index is 0.00195. The third-order valence-electron chi connectivity index (χ3n) is 5.34. The van der Waals surface area contributed by atoms with Crippen LogP contribution in [0.1, 0.15) is 51.8 Å². The molecule has 0 spiro atoms.